The van der Waals surface area contributed by atoms with Crippen LogP contribution < -0.4 is 5.73 Å². The fourth-order valence-electron chi connectivity index (χ4n) is 1.46. The minimum Gasteiger partial charge on any atom is -0.472 e. The summed E-state index contributed by atoms with van der Waals surface area (Å²) in [6.07, 6.45) is 6.03. The van der Waals surface area contributed by atoms with Crippen molar-refractivity contribution in [1.29, 1.82) is 0 Å². The molecule has 3 heteroatoms. The molecule has 0 saturated heterocycles. The van der Waals surface area contributed by atoms with E-state index in [0.717, 1.165) is 18.4 Å². The predicted molar refractivity (Wildman–Crippen MR) is 54.9 cm³/mol. The van der Waals surface area contributed by atoms with E-state index in [-0.39, 0.29) is 11.8 Å². The lowest BCUT2D eigenvalue weighted by Gasteiger charge is -2.07. The van der Waals surface area contributed by atoms with Crippen molar-refractivity contribution in [3.63, 3.8) is 0 Å². The number of hydrogen-bond donors (Lipinski definition) is 1. The highest BCUT2D eigenvalue weighted by molar-refractivity contribution is 5.81. The van der Waals surface area contributed by atoms with E-state index in [2.05, 4.69) is 6.92 Å². The van der Waals surface area contributed by atoms with Gasteiger partial charge in [0, 0.05) is 18.9 Å². The number of carbonyl (C=O) groups is 1. The van der Waals surface area contributed by atoms with E-state index >= 15 is 0 Å². The molecule has 3 nitrogen and oxygen atoms in total. The molecule has 1 aromatic heterocycles. The molecule has 0 aliphatic rings. The molecule has 1 atom stereocenters. The van der Waals surface area contributed by atoms with Crippen molar-refractivity contribution in [1.82, 2.24) is 0 Å². The van der Waals surface area contributed by atoms with Gasteiger partial charge >= 0.3 is 0 Å². The minimum absolute atomic E-state index is 0.0133. The molecule has 1 heterocycles. The van der Waals surface area contributed by atoms with Gasteiger partial charge in [-0.15, -0.1) is 0 Å². The van der Waals surface area contributed by atoms with Crippen molar-refractivity contribution >= 4 is 5.78 Å². The Morgan fingerprint density at radius 3 is 3.00 bits per heavy atom. The highest BCUT2D eigenvalue weighted by Gasteiger charge is 2.09. The van der Waals surface area contributed by atoms with Gasteiger partial charge in [0.1, 0.15) is 5.78 Å². The Kier molecular flexibility index (Phi) is 4.40. The first-order chi connectivity index (χ1) is 6.72. The second kappa shape index (κ2) is 5.60. The maximum atomic E-state index is 11.5. The number of Topliss-reactive ketones (excluding diaryl/α,β-unsaturated/α-hetero) is 1. The fourth-order valence-corrected chi connectivity index (χ4v) is 1.46. The average Bonchev–Trinajstić information content (AvgIpc) is 2.56. The van der Waals surface area contributed by atoms with Gasteiger partial charge in [0.05, 0.1) is 12.5 Å². The Labute approximate surface area is 84.3 Å². The van der Waals surface area contributed by atoms with Gasteiger partial charge in [-0.3, -0.25) is 4.79 Å². The van der Waals surface area contributed by atoms with Crippen LogP contribution in [0.5, 0.6) is 0 Å². The zero-order chi connectivity index (χ0) is 10.4. The monoisotopic (exact) mass is 195 g/mol. The van der Waals surface area contributed by atoms with Crippen molar-refractivity contribution in [2.24, 2.45) is 5.73 Å². The Morgan fingerprint density at radius 1 is 1.64 bits per heavy atom. The van der Waals surface area contributed by atoms with Crippen LogP contribution in [0.4, 0.5) is 0 Å². The predicted octanol–water partition coefficient (Wildman–Crippen LogP) is 1.91. The second-order valence-electron chi connectivity index (χ2n) is 3.60. The molecule has 14 heavy (non-hydrogen) atoms. The molecule has 0 aromatic carbocycles. The summed E-state index contributed by atoms with van der Waals surface area (Å²) in [5.74, 6) is 0.187. The zero-order valence-corrected chi connectivity index (χ0v) is 8.53. The maximum absolute atomic E-state index is 11.5. The Bertz CT molecular complexity index is 267. The Morgan fingerprint density at radius 2 is 2.43 bits per heavy atom. The van der Waals surface area contributed by atoms with E-state index in [9.17, 15) is 4.79 Å². The van der Waals surface area contributed by atoms with Gasteiger partial charge in [0.15, 0.2) is 0 Å². The molecule has 0 fully saturated rings. The third-order valence-corrected chi connectivity index (χ3v) is 2.13. The molecule has 1 aromatic rings. The van der Waals surface area contributed by atoms with Gasteiger partial charge in [-0.1, -0.05) is 13.3 Å². The van der Waals surface area contributed by atoms with Crippen LogP contribution in [0.1, 0.15) is 31.7 Å². The summed E-state index contributed by atoms with van der Waals surface area (Å²) in [6.45, 7) is 2.07. The summed E-state index contributed by atoms with van der Waals surface area (Å²) in [4.78, 5) is 11.5. The smallest absolute Gasteiger partial charge is 0.138 e. The summed E-state index contributed by atoms with van der Waals surface area (Å²) >= 11 is 0. The lowest BCUT2D eigenvalue weighted by Crippen LogP contribution is -2.24. The molecule has 0 bridgehead atoms. The van der Waals surface area contributed by atoms with Crippen LogP contribution in [0.3, 0.4) is 0 Å². The number of carbonyl (C=O) groups excluding carboxylic acids is 1. The van der Waals surface area contributed by atoms with Crippen molar-refractivity contribution in [2.75, 3.05) is 0 Å². The van der Waals surface area contributed by atoms with Crippen molar-refractivity contribution < 1.29 is 9.21 Å². The topological polar surface area (TPSA) is 56.2 Å². The van der Waals surface area contributed by atoms with Crippen LogP contribution in [0.25, 0.3) is 0 Å². The molecule has 1 unspecified atom stereocenters. The van der Waals surface area contributed by atoms with E-state index in [4.69, 9.17) is 10.2 Å². The first-order valence-corrected chi connectivity index (χ1v) is 5.00. The van der Waals surface area contributed by atoms with E-state index in [1.807, 2.05) is 6.07 Å². The summed E-state index contributed by atoms with van der Waals surface area (Å²) in [5.41, 5.74) is 6.70. The average molecular weight is 195 g/mol. The number of hydrogen-bond acceptors (Lipinski definition) is 3. The number of nitrogens with two attached hydrogens (primary N) is 1. The molecule has 0 aliphatic heterocycles. The van der Waals surface area contributed by atoms with Gasteiger partial charge in [0.25, 0.3) is 0 Å². The van der Waals surface area contributed by atoms with E-state index in [1.165, 1.54) is 0 Å². The summed E-state index contributed by atoms with van der Waals surface area (Å²) < 4.78 is 4.88. The molecule has 78 valence electrons. The van der Waals surface area contributed by atoms with Gasteiger partial charge in [0.2, 0.25) is 0 Å². The fraction of sp³-hybridized carbons (Fsp3) is 0.545. The molecule has 0 spiro atoms. The lowest BCUT2D eigenvalue weighted by atomic mass is 10.0. The van der Waals surface area contributed by atoms with Gasteiger partial charge in [-0.25, -0.2) is 0 Å². The van der Waals surface area contributed by atoms with Crippen molar-refractivity contribution in [3.05, 3.63) is 24.2 Å². The normalized spacial score (nSPS) is 12.7. The molecule has 2 N–H and O–H groups in total. The molecule has 1 rings (SSSR count). The van der Waals surface area contributed by atoms with Crippen molar-refractivity contribution in [2.45, 2.75) is 38.6 Å². The van der Waals surface area contributed by atoms with Crippen LogP contribution in [0.2, 0.25) is 0 Å². The van der Waals surface area contributed by atoms with Crippen molar-refractivity contribution in [3.8, 4) is 0 Å². The third kappa shape index (κ3) is 3.75. The highest BCUT2D eigenvalue weighted by atomic mass is 16.3. The molecule has 0 aliphatic carbocycles. The summed E-state index contributed by atoms with van der Waals surface area (Å²) in [6, 6.07) is 1.82. The third-order valence-electron chi connectivity index (χ3n) is 2.13. The number of furan rings is 1. The lowest BCUT2D eigenvalue weighted by molar-refractivity contribution is -0.118. The summed E-state index contributed by atoms with van der Waals surface area (Å²) in [7, 11) is 0. The molecular weight excluding hydrogens is 178 g/mol. The van der Waals surface area contributed by atoms with E-state index < -0.39 is 0 Å². The van der Waals surface area contributed by atoms with Crippen LogP contribution in [-0.2, 0) is 11.2 Å². The summed E-state index contributed by atoms with van der Waals surface area (Å²) in [5, 5.41) is 0. The minimum atomic E-state index is 0.0133. The second-order valence-corrected chi connectivity index (χ2v) is 3.60. The first kappa shape index (κ1) is 11.0. The van der Waals surface area contributed by atoms with Crippen LogP contribution in [0, 0.1) is 0 Å². The number of rotatable bonds is 6. The van der Waals surface area contributed by atoms with Crippen LogP contribution >= 0.6 is 0 Å². The van der Waals surface area contributed by atoms with Gasteiger partial charge in [-0.05, 0) is 18.1 Å². The van der Waals surface area contributed by atoms with Crippen LogP contribution in [0.15, 0.2) is 23.0 Å². The SMILES string of the molecule is CCCC(N)CC(=O)Cc1ccoc1. The zero-order valence-electron chi connectivity index (χ0n) is 8.53. The van der Waals surface area contributed by atoms with E-state index in [0.29, 0.717) is 12.8 Å². The van der Waals surface area contributed by atoms with Gasteiger partial charge < -0.3 is 10.2 Å². The van der Waals surface area contributed by atoms with Crippen LogP contribution in [-0.4, -0.2) is 11.8 Å². The quantitative estimate of drug-likeness (QED) is 0.754. The maximum Gasteiger partial charge on any atom is 0.138 e. The molecular formula is C11H17NO2. The standard InChI is InChI=1S/C11H17NO2/c1-2-3-10(12)7-11(13)6-9-4-5-14-8-9/h4-5,8,10H,2-3,6-7,12H2,1H3. The highest BCUT2D eigenvalue weighted by Crippen LogP contribution is 2.06. The molecule has 0 radical (unpaired) electrons. The van der Waals surface area contributed by atoms with Gasteiger partial charge in [-0.2, -0.15) is 0 Å². The molecule has 0 saturated carbocycles. The Balaban J connectivity index is 2.29. The molecule has 0 amide bonds. The van der Waals surface area contributed by atoms with E-state index in [1.54, 1.807) is 12.5 Å². The first-order valence-electron chi connectivity index (χ1n) is 5.00. The Hall–Kier alpha value is -1.09. The largest absolute Gasteiger partial charge is 0.472 e. The number of ketones is 1.